The van der Waals surface area contributed by atoms with Gasteiger partial charge in [-0.05, 0) is 82.1 Å². The van der Waals surface area contributed by atoms with Gasteiger partial charge < -0.3 is 16.4 Å². The van der Waals surface area contributed by atoms with Gasteiger partial charge >= 0.3 is 0 Å². The molecule has 1 aromatic carbocycles. The minimum Gasteiger partial charge on any atom is -0.350 e. The van der Waals surface area contributed by atoms with Gasteiger partial charge in [-0.1, -0.05) is 6.42 Å². The zero-order valence-electron chi connectivity index (χ0n) is 16.5. The molecule has 0 radical (unpaired) electrons. The van der Waals surface area contributed by atoms with Gasteiger partial charge in [0.15, 0.2) is 0 Å². The molecular formula is C21H32ClN3O2. The zero-order chi connectivity index (χ0) is 18.8. The van der Waals surface area contributed by atoms with Gasteiger partial charge in [0.2, 0.25) is 5.91 Å². The first kappa shape index (κ1) is 21.7. The van der Waals surface area contributed by atoms with Gasteiger partial charge in [-0.2, -0.15) is 0 Å². The molecule has 2 fully saturated rings. The standard InChI is InChI=1S/C21H31N3O2.ClH/c1-12(2)23-21(26)18-8-7-17(9-13(18)3)24-20(25)16-10-14-5-4-6-15(11-16)19(14)22;/h7-9,12,14-16,19H,4-6,10-11,22H2,1-3H3,(H,23,26)(H,24,25);1H. The van der Waals surface area contributed by atoms with Crippen molar-refractivity contribution in [2.24, 2.45) is 23.5 Å². The van der Waals surface area contributed by atoms with Crippen molar-refractivity contribution < 1.29 is 9.59 Å². The second-order valence-electron chi connectivity index (χ2n) is 8.34. The lowest BCUT2D eigenvalue weighted by molar-refractivity contribution is -0.122. The number of benzene rings is 1. The molecule has 1 aromatic rings. The molecule has 0 spiro atoms. The molecule has 0 saturated heterocycles. The van der Waals surface area contributed by atoms with Crippen LogP contribution in [0.1, 0.15) is 61.9 Å². The first-order valence-corrected chi connectivity index (χ1v) is 9.83. The number of carbonyl (C=O) groups is 2. The summed E-state index contributed by atoms with van der Waals surface area (Å²) < 4.78 is 0. The molecule has 2 amide bonds. The van der Waals surface area contributed by atoms with Crippen LogP contribution in [0.25, 0.3) is 0 Å². The van der Waals surface area contributed by atoms with E-state index in [2.05, 4.69) is 10.6 Å². The Kier molecular flexibility index (Phi) is 7.29. The highest BCUT2D eigenvalue weighted by atomic mass is 35.5. The number of rotatable bonds is 4. The van der Waals surface area contributed by atoms with E-state index in [0.717, 1.165) is 36.9 Å². The first-order chi connectivity index (χ1) is 12.3. The van der Waals surface area contributed by atoms with E-state index in [1.165, 1.54) is 6.42 Å². The lowest BCUT2D eigenvalue weighted by Crippen LogP contribution is -2.48. The molecule has 3 rings (SSSR count). The monoisotopic (exact) mass is 393 g/mol. The molecule has 150 valence electrons. The van der Waals surface area contributed by atoms with Crippen molar-refractivity contribution in [1.29, 1.82) is 0 Å². The number of carbonyl (C=O) groups excluding carboxylic acids is 2. The fourth-order valence-electron chi connectivity index (χ4n) is 4.58. The normalized spacial score (nSPS) is 26.9. The van der Waals surface area contributed by atoms with Gasteiger partial charge in [-0.15, -0.1) is 12.4 Å². The summed E-state index contributed by atoms with van der Waals surface area (Å²) in [5.41, 5.74) is 8.60. The van der Waals surface area contributed by atoms with Gasteiger partial charge in [0.1, 0.15) is 0 Å². The van der Waals surface area contributed by atoms with Crippen LogP contribution in [0.4, 0.5) is 5.69 Å². The quantitative estimate of drug-likeness (QED) is 0.729. The highest BCUT2D eigenvalue weighted by Crippen LogP contribution is 2.42. The second kappa shape index (κ2) is 9.07. The highest BCUT2D eigenvalue weighted by Gasteiger charge is 2.40. The maximum atomic E-state index is 12.7. The van der Waals surface area contributed by atoms with Crippen LogP contribution in [0.2, 0.25) is 0 Å². The lowest BCUT2D eigenvalue weighted by atomic mass is 9.65. The third-order valence-corrected chi connectivity index (χ3v) is 5.94. The number of fused-ring (bicyclic) bond motifs is 2. The summed E-state index contributed by atoms with van der Waals surface area (Å²) in [5.74, 6) is 1.04. The van der Waals surface area contributed by atoms with Gasteiger partial charge in [0.25, 0.3) is 5.91 Å². The number of nitrogens with two attached hydrogens (primary N) is 1. The fraction of sp³-hybridized carbons (Fsp3) is 0.619. The Morgan fingerprint density at radius 3 is 2.33 bits per heavy atom. The van der Waals surface area contributed by atoms with Crippen molar-refractivity contribution in [1.82, 2.24) is 5.32 Å². The van der Waals surface area contributed by atoms with E-state index in [-0.39, 0.29) is 42.2 Å². The van der Waals surface area contributed by atoms with Crippen molar-refractivity contribution in [3.05, 3.63) is 29.3 Å². The predicted molar refractivity (Wildman–Crippen MR) is 111 cm³/mol. The molecule has 2 bridgehead atoms. The molecule has 6 heteroatoms. The van der Waals surface area contributed by atoms with Crippen molar-refractivity contribution in [3.63, 3.8) is 0 Å². The molecule has 0 aromatic heterocycles. The summed E-state index contributed by atoms with van der Waals surface area (Å²) >= 11 is 0. The van der Waals surface area contributed by atoms with Crippen molar-refractivity contribution in [2.75, 3.05) is 5.32 Å². The van der Waals surface area contributed by atoms with Gasteiger partial charge in [0.05, 0.1) is 0 Å². The van der Waals surface area contributed by atoms with Crippen LogP contribution < -0.4 is 16.4 Å². The largest absolute Gasteiger partial charge is 0.350 e. The van der Waals surface area contributed by atoms with E-state index in [9.17, 15) is 9.59 Å². The van der Waals surface area contributed by atoms with Crippen molar-refractivity contribution in [2.45, 2.75) is 65.0 Å². The van der Waals surface area contributed by atoms with Crippen LogP contribution in [0.15, 0.2) is 18.2 Å². The Morgan fingerprint density at radius 1 is 1.15 bits per heavy atom. The highest BCUT2D eigenvalue weighted by molar-refractivity contribution is 5.97. The van der Waals surface area contributed by atoms with E-state index >= 15 is 0 Å². The molecule has 5 nitrogen and oxygen atoms in total. The van der Waals surface area contributed by atoms with Crippen molar-refractivity contribution in [3.8, 4) is 0 Å². The number of halogens is 1. The smallest absolute Gasteiger partial charge is 0.251 e. The molecule has 2 unspecified atom stereocenters. The SMILES string of the molecule is Cc1cc(NC(=O)C2CC3CCCC(C2)C3N)ccc1C(=O)NC(C)C.Cl. The third-order valence-electron chi connectivity index (χ3n) is 5.94. The summed E-state index contributed by atoms with van der Waals surface area (Å²) in [6.45, 7) is 5.77. The molecule has 0 aliphatic heterocycles. The van der Waals surface area contributed by atoms with Gasteiger partial charge in [-0.25, -0.2) is 0 Å². The molecule has 2 atom stereocenters. The Bertz CT molecular complexity index is 678. The fourth-order valence-corrected chi connectivity index (χ4v) is 4.58. The van der Waals surface area contributed by atoms with Crippen LogP contribution in [0, 0.1) is 24.7 Å². The van der Waals surface area contributed by atoms with E-state index in [0.29, 0.717) is 17.4 Å². The Labute approximate surface area is 168 Å². The van der Waals surface area contributed by atoms with Crippen molar-refractivity contribution >= 4 is 29.9 Å². The number of amides is 2. The average Bonchev–Trinajstić information content (AvgIpc) is 2.53. The maximum Gasteiger partial charge on any atom is 0.251 e. The summed E-state index contributed by atoms with van der Waals surface area (Å²) in [6.07, 6.45) is 5.35. The molecule has 2 aliphatic carbocycles. The van der Waals surface area contributed by atoms with Crippen LogP contribution in [0.3, 0.4) is 0 Å². The molecule has 2 aliphatic rings. The summed E-state index contributed by atoms with van der Waals surface area (Å²) in [5, 5.41) is 5.95. The molecule has 0 heterocycles. The summed E-state index contributed by atoms with van der Waals surface area (Å²) in [7, 11) is 0. The van der Waals surface area contributed by atoms with E-state index in [1.54, 1.807) is 6.07 Å². The Balaban J connectivity index is 0.00000261. The van der Waals surface area contributed by atoms with Crippen LogP contribution >= 0.6 is 12.4 Å². The minimum absolute atomic E-state index is 0. The first-order valence-electron chi connectivity index (χ1n) is 9.83. The lowest BCUT2D eigenvalue weighted by Gasteiger charge is -2.43. The van der Waals surface area contributed by atoms with Gasteiger partial charge in [-0.3, -0.25) is 9.59 Å². The number of hydrogen-bond donors (Lipinski definition) is 3. The zero-order valence-corrected chi connectivity index (χ0v) is 17.3. The predicted octanol–water partition coefficient (Wildman–Crippen LogP) is 3.65. The summed E-state index contributed by atoms with van der Waals surface area (Å²) in [6, 6.07) is 5.85. The van der Waals surface area contributed by atoms with Crippen LogP contribution in [-0.2, 0) is 4.79 Å². The molecular weight excluding hydrogens is 362 g/mol. The van der Waals surface area contributed by atoms with E-state index < -0.39 is 0 Å². The second-order valence-corrected chi connectivity index (χ2v) is 8.34. The number of hydrogen-bond acceptors (Lipinski definition) is 3. The van der Waals surface area contributed by atoms with Crippen LogP contribution in [-0.4, -0.2) is 23.9 Å². The summed E-state index contributed by atoms with van der Waals surface area (Å²) in [4.78, 5) is 24.9. The van der Waals surface area contributed by atoms with Crippen LogP contribution in [0.5, 0.6) is 0 Å². The van der Waals surface area contributed by atoms with E-state index in [4.69, 9.17) is 5.73 Å². The Hall–Kier alpha value is -1.59. The third kappa shape index (κ3) is 5.02. The molecule has 27 heavy (non-hydrogen) atoms. The van der Waals surface area contributed by atoms with E-state index in [1.807, 2.05) is 32.9 Å². The number of aryl methyl sites for hydroxylation is 1. The average molecular weight is 394 g/mol. The number of anilines is 1. The number of nitrogens with one attached hydrogen (secondary N) is 2. The molecule has 4 N–H and O–H groups in total. The maximum absolute atomic E-state index is 12.7. The molecule has 2 saturated carbocycles. The van der Waals surface area contributed by atoms with Gasteiger partial charge in [0, 0.05) is 29.3 Å². The minimum atomic E-state index is -0.0792. The topological polar surface area (TPSA) is 84.2 Å². The Morgan fingerprint density at radius 2 is 1.78 bits per heavy atom.